The maximum atomic E-state index is 14.1. The first-order valence-electron chi connectivity index (χ1n) is 9.08. The van der Waals surface area contributed by atoms with Crippen molar-refractivity contribution in [3.05, 3.63) is 59.2 Å². The van der Waals surface area contributed by atoms with Crippen LogP contribution in [-0.4, -0.2) is 43.5 Å². The van der Waals surface area contributed by atoms with Crippen molar-refractivity contribution in [3.8, 4) is 0 Å². The fraction of sp³-hybridized carbons (Fsp3) is 0.368. The largest absolute Gasteiger partial charge is 0.338 e. The zero-order valence-electron chi connectivity index (χ0n) is 15.4. The molecule has 10 heteroatoms. The van der Waals surface area contributed by atoms with Crippen molar-refractivity contribution in [1.29, 1.82) is 0 Å². The molecule has 0 radical (unpaired) electrons. The number of fused-ring (bicyclic) bond motifs is 1. The van der Waals surface area contributed by atoms with E-state index in [4.69, 9.17) is 0 Å². The number of likely N-dealkylation sites (tertiary alicyclic amines) is 1. The number of halogens is 4. The molecule has 0 unspecified atom stereocenters. The zero-order chi connectivity index (χ0) is 20.7. The lowest BCUT2D eigenvalue weighted by Gasteiger charge is -2.37. The molecular formula is C19H17F4N5O. The Morgan fingerprint density at radius 3 is 2.66 bits per heavy atom. The Hall–Kier alpha value is -3.04. The standard InChI is InChI=1S/C19H17F4N5O/c1-10-5-6-27(18(29)16-12(20)3-2-4-13(16)21)8-11(10)15-7-14(17(22)23)26-19-24-9-25-28(15)19/h2-4,7,9-11,17H,5-6,8H2,1H3/t10-,11+/m0/s1. The van der Waals surface area contributed by atoms with Gasteiger partial charge in [-0.2, -0.15) is 10.1 Å². The molecule has 1 aromatic carbocycles. The van der Waals surface area contributed by atoms with Gasteiger partial charge in [-0.25, -0.2) is 27.1 Å². The van der Waals surface area contributed by atoms with Gasteiger partial charge >= 0.3 is 0 Å². The number of benzene rings is 1. The first kappa shape index (κ1) is 19.3. The van der Waals surface area contributed by atoms with Crippen molar-refractivity contribution >= 4 is 11.7 Å². The molecule has 29 heavy (non-hydrogen) atoms. The van der Waals surface area contributed by atoms with Crippen LogP contribution in [0.2, 0.25) is 0 Å². The Balaban J connectivity index is 1.71. The molecule has 1 aliphatic rings. The van der Waals surface area contributed by atoms with Crippen molar-refractivity contribution in [2.45, 2.75) is 25.7 Å². The fourth-order valence-electron chi connectivity index (χ4n) is 3.73. The molecule has 1 saturated heterocycles. The lowest BCUT2D eigenvalue weighted by atomic mass is 9.84. The van der Waals surface area contributed by atoms with E-state index in [1.165, 1.54) is 27.9 Å². The number of hydrogen-bond acceptors (Lipinski definition) is 4. The van der Waals surface area contributed by atoms with Crippen LogP contribution in [0.5, 0.6) is 0 Å². The van der Waals surface area contributed by atoms with Gasteiger partial charge in [0.2, 0.25) is 0 Å². The molecule has 0 bridgehead atoms. The smallest absolute Gasteiger partial charge is 0.280 e. The average Bonchev–Trinajstić information content (AvgIpc) is 3.16. The van der Waals surface area contributed by atoms with E-state index < -0.39 is 35.2 Å². The van der Waals surface area contributed by atoms with Crippen molar-refractivity contribution in [2.75, 3.05) is 13.1 Å². The summed E-state index contributed by atoms with van der Waals surface area (Å²) in [5, 5.41) is 4.06. The first-order chi connectivity index (χ1) is 13.9. The summed E-state index contributed by atoms with van der Waals surface area (Å²) in [7, 11) is 0. The van der Waals surface area contributed by atoms with Gasteiger partial charge < -0.3 is 4.90 Å². The fourth-order valence-corrected chi connectivity index (χ4v) is 3.73. The third-order valence-corrected chi connectivity index (χ3v) is 5.32. The minimum Gasteiger partial charge on any atom is -0.338 e. The minimum atomic E-state index is -2.79. The van der Waals surface area contributed by atoms with Crippen LogP contribution < -0.4 is 0 Å². The Morgan fingerprint density at radius 2 is 1.97 bits per heavy atom. The molecule has 0 N–H and O–H groups in total. The number of carbonyl (C=O) groups is 1. The number of rotatable bonds is 3. The molecule has 6 nitrogen and oxygen atoms in total. The molecule has 2 aromatic heterocycles. The SMILES string of the molecule is C[C@H]1CCN(C(=O)c2c(F)cccc2F)C[C@H]1c1cc(C(F)F)nc2ncnn12. The summed E-state index contributed by atoms with van der Waals surface area (Å²) in [4.78, 5) is 21.8. The van der Waals surface area contributed by atoms with Crippen molar-refractivity contribution in [3.63, 3.8) is 0 Å². The molecule has 0 spiro atoms. The summed E-state index contributed by atoms with van der Waals surface area (Å²) in [6.45, 7) is 2.34. The van der Waals surface area contributed by atoms with E-state index in [0.717, 1.165) is 12.1 Å². The molecule has 3 aromatic rings. The summed E-state index contributed by atoms with van der Waals surface area (Å²) in [6, 6.07) is 4.49. The lowest BCUT2D eigenvalue weighted by Crippen LogP contribution is -2.43. The van der Waals surface area contributed by atoms with Crippen molar-refractivity contribution < 1.29 is 22.4 Å². The Labute approximate surface area is 163 Å². The molecule has 0 aliphatic carbocycles. The molecular weight excluding hydrogens is 390 g/mol. The molecule has 0 saturated carbocycles. The van der Waals surface area contributed by atoms with E-state index in [1.807, 2.05) is 6.92 Å². The van der Waals surface area contributed by atoms with Gasteiger partial charge in [-0.3, -0.25) is 4.79 Å². The number of amides is 1. The van der Waals surface area contributed by atoms with E-state index in [2.05, 4.69) is 15.1 Å². The van der Waals surface area contributed by atoms with Gasteiger partial charge in [-0.05, 0) is 30.5 Å². The highest BCUT2D eigenvalue weighted by Crippen LogP contribution is 2.34. The number of aromatic nitrogens is 4. The van der Waals surface area contributed by atoms with Crippen LogP contribution in [0.15, 0.2) is 30.6 Å². The molecule has 1 fully saturated rings. The maximum absolute atomic E-state index is 14.1. The average molecular weight is 407 g/mol. The van der Waals surface area contributed by atoms with Crippen molar-refractivity contribution in [1.82, 2.24) is 24.5 Å². The first-order valence-corrected chi connectivity index (χ1v) is 9.08. The van der Waals surface area contributed by atoms with Gasteiger partial charge in [-0.1, -0.05) is 13.0 Å². The molecule has 3 heterocycles. The molecule has 2 atom stereocenters. The van der Waals surface area contributed by atoms with Gasteiger partial charge in [0.1, 0.15) is 29.2 Å². The molecule has 1 amide bonds. The van der Waals surface area contributed by atoms with Gasteiger partial charge in [-0.15, -0.1) is 0 Å². The van der Waals surface area contributed by atoms with Gasteiger partial charge in [0.15, 0.2) is 0 Å². The predicted molar refractivity (Wildman–Crippen MR) is 94.5 cm³/mol. The normalized spacial score (nSPS) is 19.9. The highest BCUT2D eigenvalue weighted by atomic mass is 19.3. The minimum absolute atomic E-state index is 0.0184. The number of alkyl halides is 2. The number of nitrogens with zero attached hydrogens (tertiary/aromatic N) is 5. The second-order valence-electron chi connectivity index (χ2n) is 7.10. The molecule has 4 rings (SSSR count). The Bertz CT molecular complexity index is 1050. The topological polar surface area (TPSA) is 63.4 Å². The van der Waals surface area contributed by atoms with Crippen LogP contribution in [0.25, 0.3) is 5.78 Å². The zero-order valence-corrected chi connectivity index (χ0v) is 15.4. The van der Waals surface area contributed by atoms with Crippen LogP contribution in [0.1, 0.15) is 47.4 Å². The van der Waals surface area contributed by atoms with Crippen LogP contribution in [0, 0.1) is 17.6 Å². The Kier molecular flexibility index (Phi) is 4.93. The number of carbonyl (C=O) groups excluding carboxylic acids is 1. The van der Waals surface area contributed by atoms with Gasteiger partial charge in [0.25, 0.3) is 18.1 Å². The van der Waals surface area contributed by atoms with E-state index in [9.17, 15) is 22.4 Å². The van der Waals surface area contributed by atoms with E-state index in [0.29, 0.717) is 18.7 Å². The second-order valence-corrected chi connectivity index (χ2v) is 7.10. The quantitative estimate of drug-likeness (QED) is 0.623. The van der Waals surface area contributed by atoms with Gasteiger partial charge in [0.05, 0.1) is 5.69 Å². The molecule has 152 valence electrons. The number of hydrogen-bond donors (Lipinski definition) is 0. The lowest BCUT2D eigenvalue weighted by molar-refractivity contribution is 0.0655. The summed E-state index contributed by atoms with van der Waals surface area (Å²) >= 11 is 0. The summed E-state index contributed by atoms with van der Waals surface area (Å²) in [6.07, 6.45) is -1.04. The highest BCUT2D eigenvalue weighted by Gasteiger charge is 2.34. The van der Waals surface area contributed by atoms with E-state index in [-0.39, 0.29) is 24.2 Å². The maximum Gasteiger partial charge on any atom is 0.280 e. The van der Waals surface area contributed by atoms with Crippen LogP contribution in [0.3, 0.4) is 0 Å². The predicted octanol–water partition coefficient (Wildman–Crippen LogP) is 3.61. The van der Waals surface area contributed by atoms with Crippen molar-refractivity contribution in [2.24, 2.45) is 5.92 Å². The third kappa shape index (κ3) is 3.43. The monoisotopic (exact) mass is 407 g/mol. The number of piperidine rings is 1. The molecule has 1 aliphatic heterocycles. The van der Waals surface area contributed by atoms with Crippen LogP contribution in [0.4, 0.5) is 17.6 Å². The van der Waals surface area contributed by atoms with Crippen LogP contribution in [-0.2, 0) is 0 Å². The highest BCUT2D eigenvalue weighted by molar-refractivity contribution is 5.94. The summed E-state index contributed by atoms with van der Waals surface area (Å²) in [5.74, 6) is -2.97. The second kappa shape index (κ2) is 7.41. The van der Waals surface area contributed by atoms with Gasteiger partial charge in [0, 0.05) is 19.0 Å². The summed E-state index contributed by atoms with van der Waals surface area (Å²) < 4.78 is 56.1. The van der Waals surface area contributed by atoms with E-state index >= 15 is 0 Å². The van der Waals surface area contributed by atoms with E-state index in [1.54, 1.807) is 0 Å². The van der Waals surface area contributed by atoms with Crippen LogP contribution >= 0.6 is 0 Å². The third-order valence-electron chi connectivity index (χ3n) is 5.32. The Morgan fingerprint density at radius 1 is 1.24 bits per heavy atom. The summed E-state index contributed by atoms with van der Waals surface area (Å²) in [5.41, 5.74) is -0.618.